The number of benzene rings is 3. The lowest BCUT2D eigenvalue weighted by Gasteiger charge is -2.24. The average Bonchev–Trinajstić information content (AvgIpc) is 3.14. The van der Waals surface area contributed by atoms with Gasteiger partial charge in [0, 0.05) is 43.5 Å². The van der Waals surface area contributed by atoms with Gasteiger partial charge in [-0.05, 0) is 73.5 Å². The Labute approximate surface area is 221 Å². The number of sulfonamides is 1. The Morgan fingerprint density at radius 2 is 1.41 bits per heavy atom. The van der Waals surface area contributed by atoms with Gasteiger partial charge in [0.15, 0.2) is 0 Å². The van der Waals surface area contributed by atoms with Gasteiger partial charge < -0.3 is 4.90 Å². The van der Waals surface area contributed by atoms with Gasteiger partial charge in [-0.2, -0.15) is 0 Å². The molecule has 0 spiro atoms. The van der Waals surface area contributed by atoms with Crippen molar-refractivity contribution in [1.29, 1.82) is 0 Å². The summed E-state index contributed by atoms with van der Waals surface area (Å²) in [5, 5.41) is 0.528. The molecule has 10 heteroatoms. The molecule has 0 aliphatic carbocycles. The molecule has 1 heterocycles. The van der Waals surface area contributed by atoms with E-state index >= 15 is 0 Å². The molecule has 0 unspecified atom stereocenters. The number of unbranched alkanes of at least 4 members (excludes halogenated alkanes) is 1. The lowest BCUT2D eigenvalue weighted by atomic mass is 10.1. The first kappa shape index (κ1) is 26.5. The highest BCUT2D eigenvalue weighted by Crippen LogP contribution is 2.24. The van der Waals surface area contributed by atoms with Crippen molar-refractivity contribution in [3.63, 3.8) is 0 Å². The standard InChI is InChI=1S/C27H26ClN3O5S/c1-29(2)37(35,36)22-15-9-19(10-16-22)25(32)30(21-13-11-20(28)12-14-21)17-5-6-18-31-26(33)23-7-3-4-8-24(23)27(31)34/h3-4,7-16H,5-6,17-18H2,1-2H3. The van der Waals surface area contributed by atoms with Crippen LogP contribution in [0.4, 0.5) is 5.69 Å². The smallest absolute Gasteiger partial charge is 0.261 e. The van der Waals surface area contributed by atoms with Crippen LogP contribution in [0.5, 0.6) is 0 Å². The quantitative estimate of drug-likeness (QED) is 0.298. The van der Waals surface area contributed by atoms with Crippen LogP contribution in [0.1, 0.15) is 43.9 Å². The highest BCUT2D eigenvalue weighted by Gasteiger charge is 2.34. The SMILES string of the molecule is CN(C)S(=O)(=O)c1ccc(C(=O)N(CCCCN2C(=O)c3ccccc3C2=O)c2ccc(Cl)cc2)cc1. The van der Waals surface area contributed by atoms with Gasteiger partial charge in [0.2, 0.25) is 10.0 Å². The fourth-order valence-corrected chi connectivity index (χ4v) is 5.11. The molecule has 3 aromatic rings. The molecule has 1 aliphatic rings. The first-order valence-electron chi connectivity index (χ1n) is 11.7. The van der Waals surface area contributed by atoms with Gasteiger partial charge in [0.25, 0.3) is 17.7 Å². The molecule has 0 fully saturated rings. The molecular weight excluding hydrogens is 514 g/mol. The lowest BCUT2D eigenvalue weighted by molar-refractivity contribution is 0.0651. The Balaban J connectivity index is 1.47. The van der Waals surface area contributed by atoms with Crippen LogP contribution in [0.2, 0.25) is 5.02 Å². The predicted molar refractivity (Wildman–Crippen MR) is 141 cm³/mol. The second-order valence-electron chi connectivity index (χ2n) is 8.76. The second-order valence-corrected chi connectivity index (χ2v) is 11.3. The van der Waals surface area contributed by atoms with E-state index in [0.29, 0.717) is 46.8 Å². The van der Waals surface area contributed by atoms with Crippen LogP contribution in [0.3, 0.4) is 0 Å². The van der Waals surface area contributed by atoms with Gasteiger partial charge in [0.05, 0.1) is 16.0 Å². The summed E-state index contributed by atoms with van der Waals surface area (Å²) in [4.78, 5) is 41.6. The Kier molecular flexibility index (Phi) is 7.77. The fourth-order valence-electron chi connectivity index (χ4n) is 4.09. The van der Waals surface area contributed by atoms with E-state index in [2.05, 4.69) is 0 Å². The molecule has 0 atom stereocenters. The minimum absolute atomic E-state index is 0.0908. The van der Waals surface area contributed by atoms with Crippen LogP contribution in [0, 0.1) is 0 Å². The van der Waals surface area contributed by atoms with Crippen LogP contribution in [-0.4, -0.2) is 62.5 Å². The van der Waals surface area contributed by atoms with Crippen LogP contribution in [0.25, 0.3) is 0 Å². The van der Waals surface area contributed by atoms with E-state index < -0.39 is 10.0 Å². The van der Waals surface area contributed by atoms with Crippen LogP contribution >= 0.6 is 11.6 Å². The maximum absolute atomic E-state index is 13.4. The normalized spacial score (nSPS) is 13.2. The molecule has 192 valence electrons. The summed E-state index contributed by atoms with van der Waals surface area (Å²) in [7, 11) is -0.731. The zero-order valence-corrected chi connectivity index (χ0v) is 22.0. The molecule has 3 aromatic carbocycles. The van der Waals surface area contributed by atoms with Crippen molar-refractivity contribution < 1.29 is 22.8 Å². The molecule has 8 nitrogen and oxygen atoms in total. The van der Waals surface area contributed by atoms with Gasteiger partial charge >= 0.3 is 0 Å². The molecule has 3 amide bonds. The Morgan fingerprint density at radius 1 is 0.838 bits per heavy atom. The average molecular weight is 540 g/mol. The summed E-state index contributed by atoms with van der Waals surface area (Å²) in [5.74, 6) is -0.921. The monoisotopic (exact) mass is 539 g/mol. The van der Waals surface area contributed by atoms with Crippen LogP contribution in [0.15, 0.2) is 77.7 Å². The number of rotatable bonds is 9. The number of hydrogen-bond donors (Lipinski definition) is 0. The van der Waals surface area contributed by atoms with Crippen molar-refractivity contribution in [3.05, 3.63) is 94.5 Å². The predicted octanol–water partition coefficient (Wildman–Crippen LogP) is 4.31. The summed E-state index contributed by atoms with van der Waals surface area (Å²) < 4.78 is 25.8. The number of halogens is 1. The number of fused-ring (bicyclic) bond motifs is 1. The first-order valence-corrected chi connectivity index (χ1v) is 13.5. The first-order chi connectivity index (χ1) is 17.6. The molecule has 4 rings (SSSR count). The van der Waals surface area contributed by atoms with E-state index in [1.54, 1.807) is 53.4 Å². The number of carbonyl (C=O) groups is 3. The van der Waals surface area contributed by atoms with Crippen molar-refractivity contribution >= 4 is 45.0 Å². The second kappa shape index (κ2) is 10.8. The fraction of sp³-hybridized carbons (Fsp3) is 0.222. The summed E-state index contributed by atoms with van der Waals surface area (Å²) in [6.45, 7) is 0.563. The lowest BCUT2D eigenvalue weighted by Crippen LogP contribution is -2.34. The number of carbonyl (C=O) groups excluding carboxylic acids is 3. The minimum atomic E-state index is -3.62. The van der Waals surface area contributed by atoms with Crippen molar-refractivity contribution in [3.8, 4) is 0 Å². The highest BCUT2D eigenvalue weighted by atomic mass is 35.5. The van der Waals surface area contributed by atoms with Crippen molar-refractivity contribution in [2.45, 2.75) is 17.7 Å². The summed E-state index contributed by atoms with van der Waals surface area (Å²) in [6.07, 6.45) is 1.03. The van der Waals surface area contributed by atoms with E-state index in [1.165, 1.54) is 43.3 Å². The molecule has 0 bridgehead atoms. The van der Waals surface area contributed by atoms with E-state index in [0.717, 1.165) is 4.31 Å². The van der Waals surface area contributed by atoms with Gasteiger partial charge in [-0.25, -0.2) is 12.7 Å². The van der Waals surface area contributed by atoms with E-state index in [4.69, 9.17) is 11.6 Å². The number of nitrogens with zero attached hydrogens (tertiary/aromatic N) is 3. The number of anilines is 1. The molecule has 0 radical (unpaired) electrons. The Morgan fingerprint density at radius 3 is 1.95 bits per heavy atom. The molecule has 0 aromatic heterocycles. The number of imide groups is 1. The molecular formula is C27H26ClN3O5S. The van der Waals surface area contributed by atoms with Crippen molar-refractivity contribution in [1.82, 2.24) is 9.21 Å². The van der Waals surface area contributed by atoms with Crippen LogP contribution < -0.4 is 4.90 Å². The summed E-state index contributed by atoms with van der Waals surface area (Å²) in [6, 6.07) is 19.4. The molecule has 0 saturated heterocycles. The van der Waals surface area contributed by atoms with E-state index in [-0.39, 0.29) is 29.2 Å². The van der Waals surface area contributed by atoms with Crippen molar-refractivity contribution in [2.24, 2.45) is 0 Å². The summed E-state index contributed by atoms with van der Waals surface area (Å²) >= 11 is 6.03. The number of hydrogen-bond acceptors (Lipinski definition) is 5. The molecule has 0 saturated carbocycles. The van der Waals surface area contributed by atoms with Crippen molar-refractivity contribution in [2.75, 3.05) is 32.1 Å². The zero-order chi connectivity index (χ0) is 26.7. The molecule has 37 heavy (non-hydrogen) atoms. The molecule has 0 N–H and O–H groups in total. The largest absolute Gasteiger partial charge is 0.308 e. The Bertz CT molecular complexity index is 1400. The minimum Gasteiger partial charge on any atom is -0.308 e. The van der Waals surface area contributed by atoms with Crippen LogP contribution in [-0.2, 0) is 10.0 Å². The maximum Gasteiger partial charge on any atom is 0.261 e. The zero-order valence-electron chi connectivity index (χ0n) is 20.4. The number of amides is 3. The van der Waals surface area contributed by atoms with E-state index in [9.17, 15) is 22.8 Å². The van der Waals surface area contributed by atoms with Gasteiger partial charge in [-0.15, -0.1) is 0 Å². The van der Waals surface area contributed by atoms with Gasteiger partial charge in [0.1, 0.15) is 0 Å². The third-order valence-electron chi connectivity index (χ3n) is 6.15. The van der Waals surface area contributed by atoms with Gasteiger partial charge in [-0.1, -0.05) is 23.7 Å². The topological polar surface area (TPSA) is 95.1 Å². The third-order valence-corrected chi connectivity index (χ3v) is 8.24. The van der Waals surface area contributed by atoms with Gasteiger partial charge in [-0.3, -0.25) is 19.3 Å². The maximum atomic E-state index is 13.4. The Hall–Kier alpha value is -3.53. The highest BCUT2D eigenvalue weighted by molar-refractivity contribution is 7.89. The van der Waals surface area contributed by atoms with E-state index in [1.807, 2.05) is 0 Å². The third kappa shape index (κ3) is 5.44. The molecule has 1 aliphatic heterocycles. The summed E-state index contributed by atoms with van der Waals surface area (Å²) in [5.41, 5.74) is 1.77.